The summed E-state index contributed by atoms with van der Waals surface area (Å²) in [6.07, 6.45) is 3.07. The first kappa shape index (κ1) is 12.8. The van der Waals surface area contributed by atoms with Crippen LogP contribution in [0.2, 0.25) is 0 Å². The minimum Gasteiger partial charge on any atom is -0.449 e. The summed E-state index contributed by atoms with van der Waals surface area (Å²) in [6, 6.07) is 19.7. The number of pyridine rings is 1. The van der Waals surface area contributed by atoms with Gasteiger partial charge in [0.1, 0.15) is 0 Å². The van der Waals surface area contributed by atoms with Crippen molar-refractivity contribution in [2.45, 2.75) is 6.10 Å². The number of fused-ring (bicyclic) bond motifs is 1. The predicted octanol–water partition coefficient (Wildman–Crippen LogP) is 4.01. The van der Waals surface area contributed by atoms with Crippen LogP contribution >= 0.6 is 0 Å². The van der Waals surface area contributed by atoms with E-state index in [0.717, 1.165) is 22.3 Å². The van der Waals surface area contributed by atoms with E-state index in [0.29, 0.717) is 5.56 Å². The van der Waals surface area contributed by atoms with E-state index >= 15 is 0 Å². The molecule has 0 fully saturated rings. The number of carbonyl (C=O) groups is 1. The van der Waals surface area contributed by atoms with Crippen LogP contribution < -0.4 is 0 Å². The van der Waals surface area contributed by atoms with Crippen molar-refractivity contribution >= 4 is 5.97 Å². The van der Waals surface area contributed by atoms with Crippen molar-refractivity contribution in [3.63, 3.8) is 0 Å². The molecule has 2 aromatic carbocycles. The van der Waals surface area contributed by atoms with Crippen molar-refractivity contribution in [2.75, 3.05) is 0 Å². The lowest BCUT2D eigenvalue weighted by Gasteiger charge is -2.11. The van der Waals surface area contributed by atoms with E-state index in [1.54, 1.807) is 12.4 Å². The summed E-state index contributed by atoms with van der Waals surface area (Å²) in [5.74, 6) is -0.267. The summed E-state index contributed by atoms with van der Waals surface area (Å²) >= 11 is 0. The molecular weight excluding hydrogens is 274 g/mol. The number of benzene rings is 2. The van der Waals surface area contributed by atoms with Crippen molar-refractivity contribution < 1.29 is 9.53 Å². The van der Waals surface area contributed by atoms with E-state index in [9.17, 15) is 4.79 Å². The molecule has 0 saturated heterocycles. The summed E-state index contributed by atoms with van der Waals surface area (Å²) in [6.45, 7) is 0. The van der Waals surface area contributed by atoms with Crippen LogP contribution in [0.15, 0.2) is 73.1 Å². The van der Waals surface area contributed by atoms with Gasteiger partial charge in [0.2, 0.25) is 0 Å². The number of cyclic esters (lactones) is 1. The van der Waals surface area contributed by atoms with E-state index < -0.39 is 0 Å². The Morgan fingerprint density at radius 3 is 2.41 bits per heavy atom. The number of esters is 1. The van der Waals surface area contributed by atoms with E-state index in [4.69, 9.17) is 4.74 Å². The first-order valence-electron chi connectivity index (χ1n) is 7.13. The molecular formula is C19H13NO2. The van der Waals surface area contributed by atoms with Gasteiger partial charge in [0, 0.05) is 23.5 Å². The van der Waals surface area contributed by atoms with E-state index in [-0.39, 0.29) is 12.1 Å². The van der Waals surface area contributed by atoms with Gasteiger partial charge in [-0.3, -0.25) is 4.98 Å². The lowest BCUT2D eigenvalue weighted by molar-refractivity contribution is 0.0455. The minimum atomic E-state index is -0.353. The van der Waals surface area contributed by atoms with Gasteiger partial charge in [-0.15, -0.1) is 0 Å². The Labute approximate surface area is 128 Å². The molecule has 1 aliphatic heterocycles. The SMILES string of the molecule is O=C1OC(c2ccncc2)c2cc(-c3ccccc3)ccc21. The zero-order valence-electron chi connectivity index (χ0n) is 11.8. The lowest BCUT2D eigenvalue weighted by atomic mass is 9.95. The maximum atomic E-state index is 12.1. The van der Waals surface area contributed by atoms with Crippen LogP contribution in [0, 0.1) is 0 Å². The topological polar surface area (TPSA) is 39.2 Å². The summed E-state index contributed by atoms with van der Waals surface area (Å²) in [5.41, 5.74) is 4.70. The van der Waals surface area contributed by atoms with Crippen molar-refractivity contribution in [3.8, 4) is 11.1 Å². The van der Waals surface area contributed by atoms with Crippen molar-refractivity contribution in [1.82, 2.24) is 4.98 Å². The maximum Gasteiger partial charge on any atom is 0.339 e. The molecule has 0 radical (unpaired) electrons. The second-order valence-electron chi connectivity index (χ2n) is 5.23. The summed E-state index contributed by atoms with van der Waals surface area (Å²) in [7, 11) is 0. The third-order valence-electron chi connectivity index (χ3n) is 3.89. The molecule has 1 aliphatic rings. The third-order valence-corrected chi connectivity index (χ3v) is 3.89. The molecule has 0 spiro atoms. The average Bonchev–Trinajstić information content (AvgIpc) is 2.93. The molecule has 3 heteroatoms. The van der Waals surface area contributed by atoms with Gasteiger partial charge in [0.05, 0.1) is 5.56 Å². The Bertz CT molecular complexity index is 829. The molecule has 3 nitrogen and oxygen atoms in total. The van der Waals surface area contributed by atoms with Crippen molar-refractivity contribution in [2.24, 2.45) is 0 Å². The normalized spacial score (nSPS) is 16.2. The van der Waals surface area contributed by atoms with Crippen LogP contribution in [0.5, 0.6) is 0 Å². The fourth-order valence-electron chi connectivity index (χ4n) is 2.80. The number of rotatable bonds is 2. The zero-order valence-corrected chi connectivity index (χ0v) is 11.8. The average molecular weight is 287 g/mol. The summed E-state index contributed by atoms with van der Waals surface area (Å²) in [4.78, 5) is 16.1. The van der Waals surface area contributed by atoms with Gasteiger partial charge >= 0.3 is 5.97 Å². The van der Waals surface area contributed by atoms with Crippen molar-refractivity contribution in [3.05, 3.63) is 89.7 Å². The number of hydrogen-bond acceptors (Lipinski definition) is 3. The molecule has 4 rings (SSSR count). The molecule has 106 valence electrons. The predicted molar refractivity (Wildman–Crippen MR) is 83.4 cm³/mol. The van der Waals surface area contributed by atoms with Gasteiger partial charge < -0.3 is 4.74 Å². The second-order valence-corrected chi connectivity index (χ2v) is 5.23. The molecule has 0 aliphatic carbocycles. The van der Waals surface area contributed by atoms with Crippen LogP contribution in [0.3, 0.4) is 0 Å². The monoisotopic (exact) mass is 287 g/mol. The molecule has 22 heavy (non-hydrogen) atoms. The highest BCUT2D eigenvalue weighted by molar-refractivity contribution is 5.95. The standard InChI is InChI=1S/C19H13NO2/c21-19-16-7-6-15(13-4-2-1-3-5-13)12-17(16)18(22-19)14-8-10-20-11-9-14/h1-12,18H. The van der Waals surface area contributed by atoms with E-state index in [1.165, 1.54) is 0 Å². The molecule has 1 aromatic heterocycles. The lowest BCUT2D eigenvalue weighted by Crippen LogP contribution is -2.00. The number of ether oxygens (including phenoxy) is 1. The van der Waals surface area contributed by atoms with Gasteiger partial charge in [-0.25, -0.2) is 4.79 Å². The molecule has 0 N–H and O–H groups in total. The first-order chi connectivity index (χ1) is 10.8. The van der Waals surface area contributed by atoms with Crippen LogP contribution in [0.25, 0.3) is 11.1 Å². The minimum absolute atomic E-state index is 0.267. The smallest absolute Gasteiger partial charge is 0.339 e. The van der Waals surface area contributed by atoms with Crippen LogP contribution in [-0.4, -0.2) is 11.0 Å². The maximum absolute atomic E-state index is 12.1. The fourth-order valence-corrected chi connectivity index (χ4v) is 2.80. The number of carbonyl (C=O) groups excluding carboxylic acids is 1. The summed E-state index contributed by atoms with van der Waals surface area (Å²) in [5, 5.41) is 0. The summed E-state index contributed by atoms with van der Waals surface area (Å²) < 4.78 is 5.54. The second kappa shape index (κ2) is 5.11. The number of hydrogen-bond donors (Lipinski definition) is 0. The molecule has 3 aromatic rings. The Hall–Kier alpha value is -2.94. The Balaban J connectivity index is 1.83. The molecule has 0 bridgehead atoms. The van der Waals surface area contributed by atoms with E-state index in [2.05, 4.69) is 17.1 Å². The highest BCUT2D eigenvalue weighted by atomic mass is 16.5. The molecule has 2 heterocycles. The highest BCUT2D eigenvalue weighted by Gasteiger charge is 2.32. The van der Waals surface area contributed by atoms with E-state index in [1.807, 2.05) is 48.5 Å². The van der Waals surface area contributed by atoms with Gasteiger partial charge in [0.25, 0.3) is 0 Å². The zero-order chi connectivity index (χ0) is 14.9. The first-order valence-corrected chi connectivity index (χ1v) is 7.13. The molecule has 0 saturated carbocycles. The Kier molecular flexibility index (Phi) is 2.97. The fraction of sp³-hybridized carbons (Fsp3) is 0.0526. The van der Waals surface area contributed by atoms with Gasteiger partial charge in [-0.2, -0.15) is 0 Å². The third kappa shape index (κ3) is 2.07. The van der Waals surface area contributed by atoms with Crippen LogP contribution in [0.1, 0.15) is 27.6 Å². The van der Waals surface area contributed by atoms with Gasteiger partial charge in [-0.05, 0) is 35.4 Å². The molecule has 1 atom stereocenters. The van der Waals surface area contributed by atoms with Crippen LogP contribution in [-0.2, 0) is 4.74 Å². The number of aromatic nitrogens is 1. The largest absolute Gasteiger partial charge is 0.449 e. The Morgan fingerprint density at radius 2 is 1.64 bits per heavy atom. The molecule has 0 amide bonds. The van der Waals surface area contributed by atoms with Gasteiger partial charge in [-0.1, -0.05) is 36.4 Å². The highest BCUT2D eigenvalue weighted by Crippen LogP contribution is 2.37. The number of nitrogens with zero attached hydrogens (tertiary/aromatic N) is 1. The van der Waals surface area contributed by atoms with Crippen LogP contribution in [0.4, 0.5) is 0 Å². The molecule has 1 unspecified atom stereocenters. The van der Waals surface area contributed by atoms with Gasteiger partial charge in [0.15, 0.2) is 6.10 Å². The quantitative estimate of drug-likeness (QED) is 0.668. The Morgan fingerprint density at radius 1 is 0.864 bits per heavy atom. The van der Waals surface area contributed by atoms with Crippen molar-refractivity contribution in [1.29, 1.82) is 0 Å².